The van der Waals surface area contributed by atoms with Crippen LogP contribution in [-0.4, -0.2) is 30.2 Å². The van der Waals surface area contributed by atoms with E-state index in [4.69, 9.17) is 5.11 Å². The van der Waals surface area contributed by atoms with E-state index in [9.17, 15) is 13.2 Å². The largest absolute Gasteiger partial charge is 0.477 e. The number of pyridine rings is 1. The first kappa shape index (κ1) is 15.0. The van der Waals surface area contributed by atoms with Gasteiger partial charge in [0.05, 0.1) is 17.6 Å². The molecule has 0 spiro atoms. The molecule has 0 atom stereocenters. The number of nitrogens with zero attached hydrogens (tertiary/aromatic N) is 1. The molecule has 0 unspecified atom stereocenters. The molecule has 1 aromatic carbocycles. The summed E-state index contributed by atoms with van der Waals surface area (Å²) < 4.78 is 26.2. The number of hydrogen-bond acceptors (Lipinski definition) is 4. The van der Waals surface area contributed by atoms with Crippen molar-refractivity contribution in [3.05, 3.63) is 59.9 Å². The molecule has 2 aromatic rings. The summed E-state index contributed by atoms with van der Waals surface area (Å²) in [7, 11) is -3.50. The number of carboxylic acids is 1. The minimum absolute atomic E-state index is 0.0578. The van der Waals surface area contributed by atoms with Gasteiger partial charge in [0.1, 0.15) is 5.69 Å². The Morgan fingerprint density at radius 3 is 2.43 bits per heavy atom. The maximum absolute atomic E-state index is 11.9. The minimum Gasteiger partial charge on any atom is -0.477 e. The zero-order valence-electron chi connectivity index (χ0n) is 11.1. The van der Waals surface area contributed by atoms with Crippen LogP contribution < -0.4 is 4.72 Å². The average molecular weight is 306 g/mol. The van der Waals surface area contributed by atoms with Crippen molar-refractivity contribution in [1.82, 2.24) is 4.98 Å². The van der Waals surface area contributed by atoms with Crippen LogP contribution in [0.2, 0.25) is 0 Å². The first-order chi connectivity index (χ1) is 9.96. The van der Waals surface area contributed by atoms with Gasteiger partial charge in [-0.1, -0.05) is 30.3 Å². The summed E-state index contributed by atoms with van der Waals surface area (Å²) in [5.41, 5.74) is 1.04. The van der Waals surface area contributed by atoms with Crippen molar-refractivity contribution in [2.75, 3.05) is 10.5 Å². The Morgan fingerprint density at radius 1 is 1.14 bits per heavy atom. The van der Waals surface area contributed by atoms with Gasteiger partial charge in [-0.15, -0.1) is 0 Å². The van der Waals surface area contributed by atoms with Gasteiger partial charge in [-0.2, -0.15) is 0 Å². The second-order valence-electron chi connectivity index (χ2n) is 4.39. The van der Waals surface area contributed by atoms with E-state index in [-0.39, 0.29) is 17.1 Å². The number of carbonyl (C=O) groups is 1. The highest BCUT2D eigenvalue weighted by molar-refractivity contribution is 7.92. The maximum Gasteiger partial charge on any atom is 0.354 e. The Labute approximate surface area is 122 Å². The van der Waals surface area contributed by atoms with Crippen LogP contribution >= 0.6 is 0 Å². The molecule has 0 aliphatic rings. The third kappa shape index (κ3) is 4.57. The minimum atomic E-state index is -3.50. The Balaban J connectivity index is 1.99. The summed E-state index contributed by atoms with van der Waals surface area (Å²) in [6, 6.07) is 11.9. The lowest BCUT2D eigenvalue weighted by Crippen LogP contribution is -2.18. The zero-order chi connectivity index (χ0) is 15.3. The number of anilines is 1. The van der Waals surface area contributed by atoms with Crippen molar-refractivity contribution in [3.8, 4) is 0 Å². The van der Waals surface area contributed by atoms with Gasteiger partial charge in [-0.3, -0.25) is 4.72 Å². The van der Waals surface area contributed by atoms with E-state index in [1.54, 1.807) is 0 Å². The van der Waals surface area contributed by atoms with E-state index in [2.05, 4.69) is 9.71 Å². The number of carboxylic acid groups (broad SMARTS) is 1. The highest BCUT2D eigenvalue weighted by Gasteiger charge is 2.12. The van der Waals surface area contributed by atoms with Crippen LogP contribution in [0.25, 0.3) is 0 Å². The fourth-order valence-electron chi connectivity index (χ4n) is 1.71. The molecule has 7 heteroatoms. The lowest BCUT2D eigenvalue weighted by atomic mass is 10.2. The van der Waals surface area contributed by atoms with Crippen molar-refractivity contribution in [3.63, 3.8) is 0 Å². The van der Waals surface area contributed by atoms with Gasteiger partial charge in [-0.25, -0.2) is 18.2 Å². The predicted octanol–water partition coefficient (Wildman–Crippen LogP) is 1.76. The summed E-state index contributed by atoms with van der Waals surface area (Å²) in [6.45, 7) is 0. The fraction of sp³-hybridized carbons (Fsp3) is 0.143. The number of benzene rings is 1. The first-order valence-corrected chi connectivity index (χ1v) is 7.85. The Hall–Kier alpha value is -2.41. The van der Waals surface area contributed by atoms with E-state index >= 15 is 0 Å². The molecule has 0 saturated carbocycles. The molecule has 0 aliphatic carbocycles. The van der Waals surface area contributed by atoms with Gasteiger partial charge >= 0.3 is 5.97 Å². The number of hydrogen-bond donors (Lipinski definition) is 2. The van der Waals surface area contributed by atoms with Crippen LogP contribution in [0.4, 0.5) is 5.69 Å². The van der Waals surface area contributed by atoms with Gasteiger partial charge in [0.15, 0.2) is 0 Å². The van der Waals surface area contributed by atoms with Crippen molar-refractivity contribution >= 4 is 21.7 Å². The van der Waals surface area contributed by atoms with Gasteiger partial charge in [0.25, 0.3) is 0 Å². The van der Waals surface area contributed by atoms with Gasteiger partial charge in [0, 0.05) is 0 Å². The van der Waals surface area contributed by atoms with Crippen molar-refractivity contribution in [2.24, 2.45) is 0 Å². The number of sulfonamides is 1. The van der Waals surface area contributed by atoms with E-state index in [1.165, 1.54) is 18.3 Å². The van der Waals surface area contributed by atoms with Crippen LogP contribution in [0.1, 0.15) is 16.1 Å². The molecule has 0 radical (unpaired) electrons. The SMILES string of the molecule is O=C(O)c1ccc(NS(=O)(=O)CCc2ccccc2)cn1. The summed E-state index contributed by atoms with van der Waals surface area (Å²) in [5.74, 6) is -1.22. The fourth-order valence-corrected chi connectivity index (χ4v) is 2.79. The molecule has 0 bridgehead atoms. The van der Waals surface area contributed by atoms with Crippen molar-refractivity contribution < 1.29 is 18.3 Å². The molecular weight excluding hydrogens is 292 g/mol. The first-order valence-electron chi connectivity index (χ1n) is 6.20. The highest BCUT2D eigenvalue weighted by Crippen LogP contribution is 2.10. The number of aromatic carboxylic acids is 1. The normalized spacial score (nSPS) is 11.0. The summed E-state index contributed by atoms with van der Waals surface area (Å²) in [5, 5.41) is 8.72. The molecule has 0 fully saturated rings. The number of aryl methyl sites for hydroxylation is 1. The van der Waals surface area contributed by atoms with Crippen molar-refractivity contribution in [1.29, 1.82) is 0 Å². The molecule has 0 amide bonds. The van der Waals surface area contributed by atoms with E-state index in [0.29, 0.717) is 6.42 Å². The topological polar surface area (TPSA) is 96.4 Å². The van der Waals surface area contributed by atoms with Crippen LogP contribution in [-0.2, 0) is 16.4 Å². The maximum atomic E-state index is 11.9. The highest BCUT2D eigenvalue weighted by atomic mass is 32.2. The van der Waals surface area contributed by atoms with Crippen LogP contribution in [0, 0.1) is 0 Å². The van der Waals surface area contributed by atoms with Crippen LogP contribution in [0.5, 0.6) is 0 Å². The standard InChI is InChI=1S/C14H14N2O4S/c17-14(18)13-7-6-12(10-15-13)16-21(19,20)9-8-11-4-2-1-3-5-11/h1-7,10,16H,8-9H2,(H,17,18). The predicted molar refractivity (Wildman–Crippen MR) is 78.8 cm³/mol. The Kier molecular flexibility index (Phi) is 4.54. The average Bonchev–Trinajstić information content (AvgIpc) is 2.46. The number of rotatable bonds is 6. The Morgan fingerprint density at radius 2 is 1.86 bits per heavy atom. The molecule has 0 saturated heterocycles. The summed E-state index contributed by atoms with van der Waals surface area (Å²) in [6.07, 6.45) is 1.58. The van der Waals surface area contributed by atoms with Gasteiger partial charge in [0.2, 0.25) is 10.0 Å². The number of aromatic nitrogens is 1. The van der Waals surface area contributed by atoms with E-state index in [1.807, 2.05) is 30.3 Å². The molecule has 0 aliphatic heterocycles. The molecule has 110 valence electrons. The molecule has 2 N–H and O–H groups in total. The zero-order valence-corrected chi connectivity index (χ0v) is 11.9. The van der Waals surface area contributed by atoms with Crippen LogP contribution in [0.15, 0.2) is 48.7 Å². The summed E-state index contributed by atoms with van der Waals surface area (Å²) in [4.78, 5) is 14.3. The second kappa shape index (κ2) is 6.36. The third-order valence-electron chi connectivity index (χ3n) is 2.76. The van der Waals surface area contributed by atoms with Crippen molar-refractivity contribution in [2.45, 2.75) is 6.42 Å². The quantitative estimate of drug-likeness (QED) is 0.847. The monoisotopic (exact) mass is 306 g/mol. The Bertz CT molecular complexity index is 712. The lowest BCUT2D eigenvalue weighted by Gasteiger charge is -2.08. The molecule has 1 aromatic heterocycles. The van der Waals surface area contributed by atoms with Gasteiger partial charge in [-0.05, 0) is 24.1 Å². The lowest BCUT2D eigenvalue weighted by molar-refractivity contribution is 0.0690. The molecular formula is C14H14N2O4S. The van der Waals surface area contributed by atoms with E-state index in [0.717, 1.165) is 5.56 Å². The van der Waals surface area contributed by atoms with E-state index < -0.39 is 16.0 Å². The molecule has 6 nitrogen and oxygen atoms in total. The van der Waals surface area contributed by atoms with Crippen LogP contribution in [0.3, 0.4) is 0 Å². The smallest absolute Gasteiger partial charge is 0.354 e. The van der Waals surface area contributed by atoms with Gasteiger partial charge < -0.3 is 5.11 Å². The molecule has 1 heterocycles. The third-order valence-corrected chi connectivity index (χ3v) is 4.05. The number of nitrogens with one attached hydrogen (secondary N) is 1. The molecule has 2 rings (SSSR count). The molecule has 21 heavy (non-hydrogen) atoms. The second-order valence-corrected chi connectivity index (χ2v) is 6.24. The summed E-state index contributed by atoms with van der Waals surface area (Å²) >= 11 is 0.